The molecule has 0 saturated carbocycles. The fourth-order valence-corrected chi connectivity index (χ4v) is 2.68. The lowest BCUT2D eigenvalue weighted by molar-refractivity contribution is 1.30. The molecule has 2 aromatic carbocycles. The van der Waals surface area contributed by atoms with Crippen molar-refractivity contribution >= 4 is 23.2 Å². The Kier molecular flexibility index (Phi) is 4.11. The lowest BCUT2D eigenvalue weighted by Gasteiger charge is -2.09. The molecule has 0 amide bonds. The van der Waals surface area contributed by atoms with Gasteiger partial charge in [0.15, 0.2) is 0 Å². The Bertz CT molecular complexity index is 882. The average Bonchev–Trinajstić information content (AvgIpc) is 2.55. The monoisotopic (exact) mass is 324 g/mol. The summed E-state index contributed by atoms with van der Waals surface area (Å²) in [5.74, 6) is 0. The lowest BCUT2D eigenvalue weighted by atomic mass is 10.0. The van der Waals surface area contributed by atoms with Crippen molar-refractivity contribution in [2.75, 3.05) is 0 Å². The van der Waals surface area contributed by atoms with E-state index >= 15 is 0 Å². The molecule has 3 rings (SSSR count). The Labute approximate surface area is 138 Å². The van der Waals surface area contributed by atoms with Crippen molar-refractivity contribution in [3.8, 4) is 28.6 Å². The number of hydrogen-bond donors (Lipinski definition) is 0. The van der Waals surface area contributed by atoms with Crippen LogP contribution >= 0.6 is 23.2 Å². The quantitative estimate of drug-likeness (QED) is 0.615. The maximum Gasteiger partial charge on any atom is 0.101 e. The molecule has 0 aliphatic heterocycles. The maximum atomic E-state index is 9.33. The van der Waals surface area contributed by atoms with Crippen molar-refractivity contribution in [1.29, 1.82) is 5.26 Å². The molecule has 0 bridgehead atoms. The fraction of sp³-hybridized carbons (Fsp3) is 0. The normalized spacial score (nSPS) is 10.2. The zero-order chi connectivity index (χ0) is 15.5. The van der Waals surface area contributed by atoms with E-state index in [1.165, 1.54) is 0 Å². The van der Waals surface area contributed by atoms with Gasteiger partial charge in [0.05, 0.1) is 22.0 Å². The van der Waals surface area contributed by atoms with Gasteiger partial charge in [0.25, 0.3) is 0 Å². The van der Waals surface area contributed by atoms with Crippen LogP contribution < -0.4 is 0 Å². The second kappa shape index (κ2) is 6.19. The molecule has 2 nitrogen and oxygen atoms in total. The number of hydrogen-bond acceptors (Lipinski definition) is 2. The maximum absolute atomic E-state index is 9.33. The first-order valence-electron chi connectivity index (χ1n) is 6.61. The van der Waals surface area contributed by atoms with Gasteiger partial charge in [0, 0.05) is 16.1 Å². The number of halogens is 2. The number of aromatic nitrogens is 1. The predicted octanol–water partition coefficient (Wildman–Crippen LogP) is 5.59. The first kappa shape index (κ1) is 14.6. The Morgan fingerprint density at radius 1 is 0.773 bits per heavy atom. The highest BCUT2D eigenvalue weighted by atomic mass is 35.5. The highest BCUT2D eigenvalue weighted by Gasteiger charge is 2.13. The van der Waals surface area contributed by atoms with Crippen LogP contribution in [-0.2, 0) is 0 Å². The zero-order valence-electron chi connectivity index (χ0n) is 11.4. The molecule has 0 aliphatic rings. The molecule has 0 saturated heterocycles. The van der Waals surface area contributed by atoms with Crippen LogP contribution in [0.15, 0.2) is 60.7 Å². The minimum Gasteiger partial charge on any atom is -0.246 e. The Morgan fingerprint density at radius 3 is 1.95 bits per heavy atom. The van der Waals surface area contributed by atoms with Crippen LogP contribution in [0.3, 0.4) is 0 Å². The summed E-state index contributed by atoms with van der Waals surface area (Å²) in [6, 6.07) is 20.5. The third-order valence-electron chi connectivity index (χ3n) is 3.29. The van der Waals surface area contributed by atoms with Crippen molar-refractivity contribution in [3.05, 3.63) is 76.3 Å². The van der Waals surface area contributed by atoms with Gasteiger partial charge in [0.2, 0.25) is 0 Å². The van der Waals surface area contributed by atoms with E-state index in [1.807, 2.05) is 42.5 Å². The van der Waals surface area contributed by atoms with Crippen LogP contribution in [0, 0.1) is 11.3 Å². The molecule has 1 heterocycles. The molecule has 0 aliphatic carbocycles. The minimum absolute atomic E-state index is 0.476. The average molecular weight is 325 g/mol. The van der Waals surface area contributed by atoms with Gasteiger partial charge in [-0.05, 0) is 24.3 Å². The topological polar surface area (TPSA) is 36.7 Å². The lowest BCUT2D eigenvalue weighted by Crippen LogP contribution is -1.93. The van der Waals surface area contributed by atoms with Crippen LogP contribution in [-0.4, -0.2) is 4.98 Å². The van der Waals surface area contributed by atoms with Gasteiger partial charge in [-0.15, -0.1) is 0 Å². The predicted molar refractivity (Wildman–Crippen MR) is 89.8 cm³/mol. The summed E-state index contributed by atoms with van der Waals surface area (Å²) in [7, 11) is 0. The van der Waals surface area contributed by atoms with Gasteiger partial charge in [-0.3, -0.25) is 0 Å². The molecule has 22 heavy (non-hydrogen) atoms. The van der Waals surface area contributed by atoms with Gasteiger partial charge in [-0.2, -0.15) is 5.26 Å². The molecule has 3 aromatic rings. The SMILES string of the molecule is N#Cc1ccc(-c2ccccc2Cl)nc1-c1ccccc1Cl. The molecule has 4 heteroatoms. The number of benzene rings is 2. The van der Waals surface area contributed by atoms with Gasteiger partial charge < -0.3 is 0 Å². The summed E-state index contributed by atoms with van der Waals surface area (Å²) < 4.78 is 0. The zero-order valence-corrected chi connectivity index (χ0v) is 12.9. The number of nitriles is 1. The third kappa shape index (κ3) is 2.69. The van der Waals surface area contributed by atoms with Gasteiger partial charge in [0.1, 0.15) is 6.07 Å². The molecule has 0 unspecified atom stereocenters. The number of pyridine rings is 1. The second-order valence-corrected chi connectivity index (χ2v) is 5.48. The third-order valence-corrected chi connectivity index (χ3v) is 3.95. The molecule has 1 aromatic heterocycles. The van der Waals surface area contributed by atoms with E-state index in [-0.39, 0.29) is 0 Å². The summed E-state index contributed by atoms with van der Waals surface area (Å²) in [6.07, 6.45) is 0. The van der Waals surface area contributed by atoms with Crippen LogP contribution in [0.2, 0.25) is 10.0 Å². The molecule has 0 radical (unpaired) electrons. The van der Waals surface area contributed by atoms with Crippen LogP contribution in [0.25, 0.3) is 22.5 Å². The Morgan fingerprint density at radius 2 is 1.36 bits per heavy atom. The van der Waals surface area contributed by atoms with E-state index in [0.717, 1.165) is 11.1 Å². The first-order valence-corrected chi connectivity index (χ1v) is 7.37. The molecular formula is C18H10Cl2N2. The van der Waals surface area contributed by atoms with Crippen LogP contribution in [0.4, 0.5) is 0 Å². The second-order valence-electron chi connectivity index (χ2n) is 4.66. The van der Waals surface area contributed by atoms with E-state index in [2.05, 4.69) is 11.1 Å². The van der Waals surface area contributed by atoms with Gasteiger partial charge in [-0.25, -0.2) is 4.98 Å². The fourth-order valence-electron chi connectivity index (χ4n) is 2.23. The molecule has 0 atom stereocenters. The summed E-state index contributed by atoms with van der Waals surface area (Å²) in [6.45, 7) is 0. The van der Waals surface area contributed by atoms with Crippen molar-refractivity contribution in [2.45, 2.75) is 0 Å². The van der Waals surface area contributed by atoms with E-state index < -0.39 is 0 Å². The van der Waals surface area contributed by atoms with Crippen molar-refractivity contribution in [2.24, 2.45) is 0 Å². The molecule has 0 spiro atoms. The van der Waals surface area contributed by atoms with E-state index in [0.29, 0.717) is 27.0 Å². The van der Waals surface area contributed by atoms with Crippen molar-refractivity contribution in [1.82, 2.24) is 4.98 Å². The summed E-state index contributed by atoms with van der Waals surface area (Å²) >= 11 is 12.5. The highest BCUT2D eigenvalue weighted by molar-refractivity contribution is 6.33. The van der Waals surface area contributed by atoms with E-state index in [1.54, 1.807) is 18.2 Å². The number of nitrogens with zero attached hydrogens (tertiary/aromatic N) is 2. The summed E-state index contributed by atoms with van der Waals surface area (Å²) in [5, 5.41) is 10.5. The number of rotatable bonds is 2. The highest BCUT2D eigenvalue weighted by Crippen LogP contribution is 2.32. The molecule has 0 N–H and O–H groups in total. The Hall–Kier alpha value is -2.34. The molecular weight excluding hydrogens is 315 g/mol. The smallest absolute Gasteiger partial charge is 0.101 e. The van der Waals surface area contributed by atoms with Gasteiger partial charge in [-0.1, -0.05) is 59.6 Å². The summed E-state index contributed by atoms with van der Waals surface area (Å²) in [5.41, 5.74) is 3.30. The van der Waals surface area contributed by atoms with Crippen LogP contribution in [0.5, 0.6) is 0 Å². The van der Waals surface area contributed by atoms with Crippen molar-refractivity contribution < 1.29 is 0 Å². The largest absolute Gasteiger partial charge is 0.246 e. The standard InChI is InChI=1S/C18H10Cl2N2/c19-15-7-3-1-5-13(15)17-10-9-12(11-21)18(22-17)14-6-2-4-8-16(14)20/h1-10H. The molecule has 106 valence electrons. The summed E-state index contributed by atoms with van der Waals surface area (Å²) in [4.78, 5) is 4.61. The van der Waals surface area contributed by atoms with Crippen LogP contribution in [0.1, 0.15) is 5.56 Å². The van der Waals surface area contributed by atoms with E-state index in [4.69, 9.17) is 23.2 Å². The van der Waals surface area contributed by atoms with E-state index in [9.17, 15) is 5.26 Å². The Balaban J connectivity index is 2.23. The van der Waals surface area contributed by atoms with Crippen molar-refractivity contribution in [3.63, 3.8) is 0 Å². The molecule has 0 fully saturated rings. The first-order chi connectivity index (χ1) is 10.7. The minimum atomic E-state index is 0.476. The van der Waals surface area contributed by atoms with Gasteiger partial charge >= 0.3 is 0 Å².